The molecule has 46 heavy (non-hydrogen) atoms. The molecule has 1 fully saturated rings. The van der Waals surface area contributed by atoms with Gasteiger partial charge < -0.3 is 24.3 Å². The number of aliphatic hydroxyl groups is 1. The number of anilines is 1. The Morgan fingerprint density at radius 3 is 2.00 bits per heavy atom. The first-order chi connectivity index (χ1) is 21.9. The highest BCUT2D eigenvalue weighted by Gasteiger charge is 2.60. The highest BCUT2D eigenvalue weighted by Crippen LogP contribution is 2.45. The van der Waals surface area contributed by atoms with E-state index < -0.39 is 38.0 Å². The van der Waals surface area contributed by atoms with Gasteiger partial charge in [-0.3, -0.25) is 9.36 Å². The molecule has 0 radical (unpaired) electrons. The lowest BCUT2D eigenvalue weighted by molar-refractivity contribution is -0.150. The molecule has 1 aromatic heterocycles. The predicted molar refractivity (Wildman–Crippen MR) is 181 cm³/mol. The van der Waals surface area contributed by atoms with E-state index in [0.717, 1.165) is 10.4 Å². The summed E-state index contributed by atoms with van der Waals surface area (Å²) in [6.07, 6.45) is -1.53. The molecular weight excluding hydrogens is 598 g/mol. The van der Waals surface area contributed by atoms with Crippen molar-refractivity contribution in [3.05, 3.63) is 119 Å². The number of methoxy groups -OCH3 is 1. The van der Waals surface area contributed by atoms with Crippen molar-refractivity contribution in [1.29, 1.82) is 0 Å². The number of hydrogen-bond donors (Lipinski definition) is 2. The van der Waals surface area contributed by atoms with Crippen LogP contribution in [0.3, 0.4) is 0 Å². The Kier molecular flexibility index (Phi) is 9.76. The van der Waals surface area contributed by atoms with Crippen molar-refractivity contribution < 1.29 is 23.8 Å². The molecule has 3 aromatic carbocycles. The first-order valence-electron chi connectivity index (χ1n) is 15.5. The number of aliphatic hydroxyl groups excluding tert-OH is 1. The highest BCUT2D eigenvalue weighted by atomic mass is 28.4. The summed E-state index contributed by atoms with van der Waals surface area (Å²) in [6, 6.07) is 30.7. The van der Waals surface area contributed by atoms with Crippen LogP contribution >= 0.6 is 0 Å². The van der Waals surface area contributed by atoms with E-state index in [2.05, 4.69) is 55.3 Å². The minimum absolute atomic E-state index is 0.0584. The molecule has 0 bridgehead atoms. The van der Waals surface area contributed by atoms with Gasteiger partial charge in [0.1, 0.15) is 23.6 Å². The van der Waals surface area contributed by atoms with E-state index in [1.54, 1.807) is 24.3 Å². The first-order valence-corrected chi connectivity index (χ1v) is 17.4. The number of nitrogens with one attached hydrogen (secondary N) is 1. The zero-order valence-corrected chi connectivity index (χ0v) is 28.2. The van der Waals surface area contributed by atoms with Gasteiger partial charge in [-0.25, -0.2) is 4.79 Å². The molecule has 0 saturated carbocycles. The molecule has 242 valence electrons. The van der Waals surface area contributed by atoms with Crippen LogP contribution < -0.4 is 21.4 Å². The minimum Gasteiger partial charge on any atom is -0.404 e. The van der Waals surface area contributed by atoms with Gasteiger partial charge in [0.25, 0.3) is 14.2 Å². The number of nitrogens with zero attached hydrogens (tertiary/aromatic N) is 2. The van der Waals surface area contributed by atoms with Crippen LogP contribution in [0.5, 0.6) is 0 Å². The average molecular weight is 642 g/mol. The molecule has 0 aliphatic carbocycles. The number of benzene rings is 3. The minimum atomic E-state index is -2.99. The van der Waals surface area contributed by atoms with Gasteiger partial charge in [0, 0.05) is 18.9 Å². The number of rotatable bonds is 10. The fraction of sp³-hybridized carbons (Fsp3) is 0.361. The van der Waals surface area contributed by atoms with Gasteiger partial charge in [0.15, 0.2) is 6.23 Å². The first kappa shape index (κ1) is 33.4. The maximum atomic E-state index is 13.4. The number of aromatic nitrogens is 2. The van der Waals surface area contributed by atoms with Crippen molar-refractivity contribution in [3.63, 3.8) is 0 Å². The highest BCUT2D eigenvalue weighted by molar-refractivity contribution is 6.99. The standard InChI is InChI=1S/C36H43N3O6Si/c1-25(2)36(24-44-46(35(3,4)5,27-18-12-8-13-19-27)28-20-14-9-15-21-28)31(40)30(43-6)33(45-36)39-23-22-29(38-34(39)42)37-32(41)26-16-10-7-11-17-26/h7-23,25,30-31,33,40H,24H2,1-6H3,(H,37,38,41,42)/t30-,31+,33?,36+/m1/s1. The van der Waals surface area contributed by atoms with Crippen molar-refractivity contribution in [2.24, 2.45) is 5.92 Å². The quantitative estimate of drug-likeness (QED) is 0.248. The topological polar surface area (TPSA) is 112 Å². The van der Waals surface area contributed by atoms with Gasteiger partial charge in [-0.15, -0.1) is 0 Å². The fourth-order valence-corrected chi connectivity index (χ4v) is 11.1. The monoisotopic (exact) mass is 641 g/mol. The molecule has 1 aliphatic rings. The lowest BCUT2D eigenvalue weighted by atomic mass is 9.85. The predicted octanol–water partition coefficient (Wildman–Crippen LogP) is 4.37. The maximum Gasteiger partial charge on any atom is 0.351 e. The molecule has 1 amide bonds. The van der Waals surface area contributed by atoms with Crippen LogP contribution in [0.15, 0.2) is 108 Å². The zero-order chi connectivity index (χ0) is 33.1. The summed E-state index contributed by atoms with van der Waals surface area (Å²) in [6.45, 7) is 10.6. The molecule has 4 atom stereocenters. The van der Waals surface area contributed by atoms with E-state index in [1.165, 1.54) is 23.9 Å². The van der Waals surface area contributed by atoms with Crippen molar-refractivity contribution in [2.45, 2.75) is 63.7 Å². The molecule has 1 unspecified atom stereocenters. The van der Waals surface area contributed by atoms with Crippen LogP contribution in [-0.4, -0.2) is 60.4 Å². The van der Waals surface area contributed by atoms with E-state index >= 15 is 0 Å². The van der Waals surface area contributed by atoms with Gasteiger partial charge in [-0.2, -0.15) is 4.98 Å². The molecule has 2 heterocycles. The van der Waals surface area contributed by atoms with Gasteiger partial charge in [-0.1, -0.05) is 113 Å². The average Bonchev–Trinajstić information content (AvgIpc) is 3.34. The molecule has 10 heteroatoms. The van der Waals surface area contributed by atoms with Crippen LogP contribution in [0.4, 0.5) is 5.82 Å². The van der Waals surface area contributed by atoms with E-state index in [0.29, 0.717) is 5.56 Å². The molecule has 1 aliphatic heterocycles. The number of carbonyl (C=O) groups excluding carboxylic acids is 1. The third-order valence-corrected chi connectivity index (χ3v) is 14.0. The van der Waals surface area contributed by atoms with Crippen LogP contribution in [0.1, 0.15) is 51.2 Å². The summed E-state index contributed by atoms with van der Waals surface area (Å²) in [7, 11) is -1.51. The molecular formula is C36H43N3O6Si. The van der Waals surface area contributed by atoms with Crippen molar-refractivity contribution in [1.82, 2.24) is 9.55 Å². The molecule has 9 nitrogen and oxygen atoms in total. The lowest BCUT2D eigenvalue weighted by Crippen LogP contribution is -2.68. The lowest BCUT2D eigenvalue weighted by Gasteiger charge is -2.46. The zero-order valence-electron chi connectivity index (χ0n) is 27.2. The summed E-state index contributed by atoms with van der Waals surface area (Å²) >= 11 is 0. The second-order valence-corrected chi connectivity index (χ2v) is 17.3. The van der Waals surface area contributed by atoms with Crippen LogP contribution in [-0.2, 0) is 13.9 Å². The summed E-state index contributed by atoms with van der Waals surface area (Å²) < 4.78 is 21.1. The Balaban J connectivity index is 1.49. The van der Waals surface area contributed by atoms with E-state index in [1.807, 2.05) is 56.3 Å². The van der Waals surface area contributed by atoms with Crippen molar-refractivity contribution in [2.75, 3.05) is 19.0 Å². The number of hydrogen-bond acceptors (Lipinski definition) is 7. The molecule has 0 spiro atoms. The second-order valence-electron chi connectivity index (χ2n) is 13.0. The molecule has 2 N–H and O–H groups in total. The Hall–Kier alpha value is -3.93. The summed E-state index contributed by atoms with van der Waals surface area (Å²) in [5.74, 6) is -0.504. The maximum absolute atomic E-state index is 13.4. The second kappa shape index (κ2) is 13.4. The Bertz CT molecular complexity index is 1640. The third kappa shape index (κ3) is 6.11. The summed E-state index contributed by atoms with van der Waals surface area (Å²) in [5, 5.41) is 16.5. The number of amides is 1. The van der Waals surface area contributed by atoms with Crippen LogP contribution in [0, 0.1) is 5.92 Å². The van der Waals surface area contributed by atoms with Crippen molar-refractivity contribution >= 4 is 30.4 Å². The SMILES string of the molecule is CO[C@H]1C(n2ccc(NC(=O)c3ccccc3)nc2=O)O[C@@](CO[Si](c2ccccc2)(c2ccccc2)C(C)(C)C)(C(C)C)[C@H]1O. The van der Waals surface area contributed by atoms with E-state index in [4.69, 9.17) is 13.9 Å². The van der Waals surface area contributed by atoms with Crippen molar-refractivity contribution in [3.8, 4) is 0 Å². The van der Waals surface area contributed by atoms with Crippen LogP contribution in [0.25, 0.3) is 0 Å². The van der Waals surface area contributed by atoms with Gasteiger partial charge in [0.2, 0.25) is 0 Å². The Morgan fingerprint density at radius 2 is 1.52 bits per heavy atom. The fourth-order valence-electron chi connectivity index (χ4n) is 6.46. The normalized spacial score (nSPS) is 21.8. The Morgan fingerprint density at radius 1 is 0.978 bits per heavy atom. The largest absolute Gasteiger partial charge is 0.404 e. The van der Waals surface area contributed by atoms with Crippen LogP contribution in [0.2, 0.25) is 5.04 Å². The number of ether oxygens (including phenoxy) is 2. The molecule has 5 rings (SSSR count). The molecule has 1 saturated heterocycles. The third-order valence-electron chi connectivity index (χ3n) is 9.00. The summed E-state index contributed by atoms with van der Waals surface area (Å²) in [5.41, 5.74) is -1.44. The summed E-state index contributed by atoms with van der Waals surface area (Å²) in [4.78, 5) is 30.1. The van der Waals surface area contributed by atoms with E-state index in [-0.39, 0.29) is 29.3 Å². The van der Waals surface area contributed by atoms with E-state index in [9.17, 15) is 14.7 Å². The van der Waals surface area contributed by atoms with Gasteiger partial charge >= 0.3 is 5.69 Å². The van der Waals surface area contributed by atoms with Gasteiger partial charge in [0.05, 0.1) is 6.61 Å². The smallest absolute Gasteiger partial charge is 0.351 e. The Labute approximate surface area is 271 Å². The van der Waals surface area contributed by atoms with Gasteiger partial charge in [-0.05, 0) is 39.5 Å². The molecule has 4 aromatic rings. The number of carbonyl (C=O) groups is 1.